The van der Waals surface area contributed by atoms with Gasteiger partial charge in [-0.3, -0.25) is 4.90 Å². The van der Waals surface area contributed by atoms with Crippen molar-refractivity contribution in [3.8, 4) is 0 Å². The molecule has 1 fully saturated rings. The van der Waals surface area contributed by atoms with Gasteiger partial charge < -0.3 is 10.8 Å². The highest BCUT2D eigenvalue weighted by Gasteiger charge is 2.33. The van der Waals surface area contributed by atoms with Crippen LogP contribution in [0.15, 0.2) is 12.1 Å². The van der Waals surface area contributed by atoms with E-state index < -0.39 is 0 Å². The Labute approximate surface area is 124 Å². The Kier molecular flexibility index (Phi) is 5.26. The lowest BCUT2D eigenvalue weighted by Gasteiger charge is -2.41. The Hall–Kier alpha value is -0.130. The van der Waals surface area contributed by atoms with Gasteiger partial charge in [0.1, 0.15) is 0 Å². The molecule has 0 bridgehead atoms. The topological polar surface area (TPSA) is 49.5 Å². The molecular weight excluding hydrogens is 280 g/mol. The van der Waals surface area contributed by atoms with E-state index in [2.05, 4.69) is 24.8 Å². The predicted molar refractivity (Wildman–Crippen MR) is 81.7 cm³/mol. The van der Waals surface area contributed by atoms with Crippen LogP contribution in [0.2, 0.25) is 4.34 Å². The third-order valence-corrected chi connectivity index (χ3v) is 5.41. The van der Waals surface area contributed by atoms with Crippen molar-refractivity contribution in [2.24, 2.45) is 11.7 Å². The molecule has 4 atom stereocenters. The molecule has 0 amide bonds. The van der Waals surface area contributed by atoms with Crippen molar-refractivity contribution >= 4 is 22.9 Å². The molecule has 3 nitrogen and oxygen atoms in total. The van der Waals surface area contributed by atoms with Crippen molar-refractivity contribution in [2.45, 2.75) is 44.9 Å². The number of nitrogens with two attached hydrogens (primary N) is 1. The first-order chi connectivity index (χ1) is 9.02. The molecular formula is C14H23ClN2OS. The molecule has 0 radical (unpaired) electrons. The van der Waals surface area contributed by atoms with Gasteiger partial charge in [0.25, 0.3) is 0 Å². The summed E-state index contributed by atoms with van der Waals surface area (Å²) in [6.45, 7) is 5.91. The maximum Gasteiger partial charge on any atom is 0.0931 e. The van der Waals surface area contributed by atoms with Crippen molar-refractivity contribution in [3.05, 3.63) is 21.3 Å². The van der Waals surface area contributed by atoms with Crippen LogP contribution in [-0.2, 0) is 0 Å². The minimum Gasteiger partial charge on any atom is -0.392 e. The van der Waals surface area contributed by atoms with Gasteiger partial charge >= 0.3 is 0 Å². The van der Waals surface area contributed by atoms with E-state index in [1.807, 2.05) is 6.07 Å². The summed E-state index contributed by atoms with van der Waals surface area (Å²) >= 11 is 7.65. The average molecular weight is 303 g/mol. The van der Waals surface area contributed by atoms with Crippen LogP contribution in [0.1, 0.15) is 37.6 Å². The number of hydrogen-bond donors (Lipinski definition) is 2. The van der Waals surface area contributed by atoms with Gasteiger partial charge in [0.15, 0.2) is 0 Å². The number of hydrogen-bond acceptors (Lipinski definition) is 4. The molecule has 0 saturated carbocycles. The Morgan fingerprint density at radius 3 is 2.84 bits per heavy atom. The number of thiophene rings is 1. The lowest BCUT2D eigenvalue weighted by molar-refractivity contribution is 0.00471. The van der Waals surface area contributed by atoms with Crippen LogP contribution in [0.4, 0.5) is 0 Å². The summed E-state index contributed by atoms with van der Waals surface area (Å²) in [5.41, 5.74) is 6.31. The second kappa shape index (κ2) is 6.55. The lowest BCUT2D eigenvalue weighted by Crippen LogP contribution is -2.49. The van der Waals surface area contributed by atoms with Crippen molar-refractivity contribution in [2.75, 3.05) is 13.1 Å². The van der Waals surface area contributed by atoms with E-state index in [1.54, 1.807) is 11.3 Å². The molecule has 1 aliphatic heterocycles. The molecule has 1 aromatic rings. The SMILES string of the molecule is CCC(N)C(c1ccc(Cl)s1)N1CCC(C)C(O)C1. The Morgan fingerprint density at radius 2 is 2.32 bits per heavy atom. The van der Waals surface area contributed by atoms with E-state index in [1.165, 1.54) is 4.88 Å². The minimum atomic E-state index is -0.254. The second-order valence-electron chi connectivity index (χ2n) is 5.49. The van der Waals surface area contributed by atoms with Crippen molar-refractivity contribution in [1.82, 2.24) is 4.90 Å². The van der Waals surface area contributed by atoms with Crippen LogP contribution in [0.25, 0.3) is 0 Å². The smallest absolute Gasteiger partial charge is 0.0931 e. The molecule has 0 aromatic carbocycles. The predicted octanol–water partition coefficient (Wildman–Crippen LogP) is 2.88. The molecule has 1 aromatic heterocycles. The van der Waals surface area contributed by atoms with Gasteiger partial charge in [-0.1, -0.05) is 25.4 Å². The number of aliphatic hydroxyl groups is 1. The maximum atomic E-state index is 10.1. The monoisotopic (exact) mass is 302 g/mol. The highest BCUT2D eigenvalue weighted by Crippen LogP contribution is 2.35. The summed E-state index contributed by atoms with van der Waals surface area (Å²) in [5, 5.41) is 10.1. The number of rotatable bonds is 4. The number of piperidine rings is 1. The van der Waals surface area contributed by atoms with Crippen LogP contribution in [0.3, 0.4) is 0 Å². The summed E-state index contributed by atoms with van der Waals surface area (Å²) in [4.78, 5) is 3.53. The first-order valence-corrected chi connectivity index (χ1v) is 8.15. The quantitative estimate of drug-likeness (QED) is 0.899. The van der Waals surface area contributed by atoms with Gasteiger partial charge in [-0.25, -0.2) is 0 Å². The highest BCUT2D eigenvalue weighted by molar-refractivity contribution is 7.16. The van der Waals surface area contributed by atoms with Crippen LogP contribution in [0.5, 0.6) is 0 Å². The Balaban J connectivity index is 2.18. The first kappa shape index (κ1) is 15.3. The van der Waals surface area contributed by atoms with E-state index in [9.17, 15) is 5.11 Å². The Bertz CT molecular complexity index is 412. The maximum absolute atomic E-state index is 10.1. The van der Waals surface area contributed by atoms with Gasteiger partial charge in [0.2, 0.25) is 0 Å². The molecule has 5 heteroatoms. The molecule has 2 rings (SSSR count). The van der Waals surface area contributed by atoms with Gasteiger partial charge in [-0.05, 0) is 37.4 Å². The molecule has 2 heterocycles. The van der Waals surface area contributed by atoms with E-state index >= 15 is 0 Å². The molecule has 1 aliphatic rings. The van der Waals surface area contributed by atoms with Crippen molar-refractivity contribution in [3.63, 3.8) is 0 Å². The van der Waals surface area contributed by atoms with E-state index in [4.69, 9.17) is 17.3 Å². The van der Waals surface area contributed by atoms with Crippen molar-refractivity contribution in [1.29, 1.82) is 0 Å². The summed E-state index contributed by atoms with van der Waals surface area (Å²) in [6.07, 6.45) is 1.69. The van der Waals surface area contributed by atoms with E-state index in [0.717, 1.165) is 23.7 Å². The van der Waals surface area contributed by atoms with Gasteiger partial charge in [0.05, 0.1) is 16.5 Å². The summed E-state index contributed by atoms with van der Waals surface area (Å²) < 4.78 is 0.800. The molecule has 1 saturated heterocycles. The fourth-order valence-electron chi connectivity index (χ4n) is 2.70. The number of halogens is 1. The summed E-state index contributed by atoms with van der Waals surface area (Å²) in [6, 6.07) is 4.25. The summed E-state index contributed by atoms with van der Waals surface area (Å²) in [7, 11) is 0. The fourth-order valence-corrected chi connectivity index (χ4v) is 3.97. The van der Waals surface area contributed by atoms with Crippen LogP contribution in [0, 0.1) is 5.92 Å². The highest BCUT2D eigenvalue weighted by atomic mass is 35.5. The molecule has 4 unspecified atom stereocenters. The van der Waals surface area contributed by atoms with Gasteiger partial charge in [-0.15, -0.1) is 11.3 Å². The lowest BCUT2D eigenvalue weighted by atomic mass is 9.92. The zero-order valence-electron chi connectivity index (χ0n) is 11.6. The molecule has 19 heavy (non-hydrogen) atoms. The molecule has 0 aliphatic carbocycles. The first-order valence-electron chi connectivity index (χ1n) is 6.95. The van der Waals surface area contributed by atoms with Gasteiger partial charge in [-0.2, -0.15) is 0 Å². The van der Waals surface area contributed by atoms with E-state index in [-0.39, 0.29) is 18.2 Å². The second-order valence-corrected chi connectivity index (χ2v) is 7.23. The van der Waals surface area contributed by atoms with Crippen LogP contribution >= 0.6 is 22.9 Å². The fraction of sp³-hybridized carbons (Fsp3) is 0.714. The number of nitrogens with zero attached hydrogens (tertiary/aromatic N) is 1. The third-order valence-electron chi connectivity index (χ3n) is 4.11. The summed E-state index contributed by atoms with van der Waals surface area (Å²) in [5.74, 6) is 0.377. The molecule has 0 spiro atoms. The largest absolute Gasteiger partial charge is 0.392 e. The number of β-amino-alcohol motifs (C(OH)–C–C–N with tert-alkyl or cyclic N) is 1. The standard InChI is InChI=1S/C14H23ClN2OS/c1-3-10(16)14(12-4-5-13(15)19-12)17-7-6-9(2)11(18)8-17/h4-5,9-11,14,18H,3,6-8,16H2,1-2H3. The van der Waals surface area contributed by atoms with Crippen molar-refractivity contribution < 1.29 is 5.11 Å². The average Bonchev–Trinajstić information content (AvgIpc) is 2.80. The third kappa shape index (κ3) is 3.50. The normalized spacial score (nSPS) is 28.3. The zero-order valence-corrected chi connectivity index (χ0v) is 13.1. The molecule has 108 valence electrons. The van der Waals surface area contributed by atoms with E-state index in [0.29, 0.717) is 12.5 Å². The minimum absolute atomic E-state index is 0.0790. The number of aliphatic hydroxyl groups excluding tert-OH is 1. The number of likely N-dealkylation sites (tertiary alicyclic amines) is 1. The Morgan fingerprint density at radius 1 is 1.58 bits per heavy atom. The van der Waals surface area contributed by atoms with Crippen LogP contribution < -0.4 is 5.73 Å². The molecule has 3 N–H and O–H groups in total. The zero-order chi connectivity index (χ0) is 14.0. The van der Waals surface area contributed by atoms with Gasteiger partial charge in [0, 0.05) is 17.5 Å². The van der Waals surface area contributed by atoms with Crippen LogP contribution in [-0.4, -0.2) is 35.2 Å².